The van der Waals surface area contributed by atoms with Gasteiger partial charge < -0.3 is 25.1 Å². The average molecular weight is 298 g/mol. The maximum atomic E-state index is 5.38. The molecule has 8 nitrogen and oxygen atoms in total. The van der Waals surface area contributed by atoms with Gasteiger partial charge in [0.1, 0.15) is 5.52 Å². The van der Waals surface area contributed by atoms with Gasteiger partial charge in [0, 0.05) is 18.3 Å². The van der Waals surface area contributed by atoms with Crippen molar-refractivity contribution in [1.29, 1.82) is 0 Å². The highest BCUT2D eigenvalue weighted by atomic mass is 16.7. The highest BCUT2D eigenvalue weighted by Crippen LogP contribution is 2.35. The number of imidazole rings is 1. The average Bonchev–Trinajstić information content (AvgIpc) is 3.15. The molecule has 1 aromatic carbocycles. The summed E-state index contributed by atoms with van der Waals surface area (Å²) >= 11 is 0. The van der Waals surface area contributed by atoms with E-state index in [1.54, 1.807) is 6.33 Å². The van der Waals surface area contributed by atoms with Crippen molar-refractivity contribution in [2.75, 3.05) is 24.0 Å². The van der Waals surface area contributed by atoms with E-state index in [2.05, 4.69) is 30.6 Å². The first kappa shape index (κ1) is 12.7. The Morgan fingerprint density at radius 2 is 2.14 bits per heavy atom. The summed E-state index contributed by atoms with van der Waals surface area (Å²) in [6, 6.07) is 5.64. The van der Waals surface area contributed by atoms with E-state index in [0.29, 0.717) is 23.2 Å². The van der Waals surface area contributed by atoms with E-state index in [9.17, 15) is 0 Å². The summed E-state index contributed by atoms with van der Waals surface area (Å²) < 4.78 is 10.7. The molecular weight excluding hydrogens is 284 g/mol. The number of nitrogens with zero attached hydrogens (tertiary/aromatic N) is 3. The van der Waals surface area contributed by atoms with Gasteiger partial charge in [0.05, 0.1) is 6.33 Å². The second-order valence-electron chi connectivity index (χ2n) is 4.72. The van der Waals surface area contributed by atoms with Gasteiger partial charge in [0.25, 0.3) is 0 Å². The van der Waals surface area contributed by atoms with E-state index in [1.165, 1.54) is 0 Å². The quantitative estimate of drug-likeness (QED) is 0.679. The summed E-state index contributed by atoms with van der Waals surface area (Å²) in [5.74, 6) is 2.64. The first-order chi connectivity index (χ1) is 10.8. The molecule has 0 saturated carbocycles. The van der Waals surface area contributed by atoms with Gasteiger partial charge in [-0.25, -0.2) is 4.98 Å². The van der Waals surface area contributed by atoms with Crippen LogP contribution in [0.2, 0.25) is 0 Å². The van der Waals surface area contributed by atoms with Crippen molar-refractivity contribution in [2.24, 2.45) is 0 Å². The molecule has 22 heavy (non-hydrogen) atoms. The Kier molecular flexibility index (Phi) is 2.92. The molecule has 0 fully saturated rings. The predicted octanol–water partition coefficient (Wildman–Crippen LogP) is 2.26. The SMILES string of the molecule is CCNc1nc(Nc2ccc3c(c2)OCO3)c2[nH]cnc2n1. The maximum absolute atomic E-state index is 5.38. The fourth-order valence-corrected chi connectivity index (χ4v) is 2.27. The molecule has 1 aliphatic heterocycles. The van der Waals surface area contributed by atoms with E-state index >= 15 is 0 Å². The zero-order valence-electron chi connectivity index (χ0n) is 11.9. The van der Waals surface area contributed by atoms with Crippen LogP contribution in [-0.4, -0.2) is 33.3 Å². The van der Waals surface area contributed by atoms with Gasteiger partial charge in [-0.2, -0.15) is 9.97 Å². The lowest BCUT2D eigenvalue weighted by Crippen LogP contribution is -2.05. The summed E-state index contributed by atoms with van der Waals surface area (Å²) in [4.78, 5) is 16.0. The first-order valence-electron chi connectivity index (χ1n) is 6.95. The lowest BCUT2D eigenvalue weighted by molar-refractivity contribution is 0.174. The van der Waals surface area contributed by atoms with Gasteiger partial charge in [0.15, 0.2) is 23.0 Å². The van der Waals surface area contributed by atoms with Crippen molar-refractivity contribution < 1.29 is 9.47 Å². The van der Waals surface area contributed by atoms with Crippen molar-refractivity contribution in [3.05, 3.63) is 24.5 Å². The Bertz CT molecular complexity index is 831. The van der Waals surface area contributed by atoms with Crippen LogP contribution in [0.3, 0.4) is 0 Å². The van der Waals surface area contributed by atoms with Gasteiger partial charge in [-0.15, -0.1) is 0 Å². The first-order valence-corrected chi connectivity index (χ1v) is 6.95. The smallest absolute Gasteiger partial charge is 0.231 e. The van der Waals surface area contributed by atoms with Crippen LogP contribution in [0.15, 0.2) is 24.5 Å². The van der Waals surface area contributed by atoms with Gasteiger partial charge >= 0.3 is 0 Å². The Hall–Kier alpha value is -3.03. The second kappa shape index (κ2) is 5.06. The largest absolute Gasteiger partial charge is 0.454 e. The Balaban J connectivity index is 1.72. The van der Waals surface area contributed by atoms with Crippen LogP contribution < -0.4 is 20.1 Å². The van der Waals surface area contributed by atoms with Crippen molar-refractivity contribution in [3.63, 3.8) is 0 Å². The summed E-state index contributed by atoms with van der Waals surface area (Å²) in [6.45, 7) is 2.98. The molecule has 0 bridgehead atoms. The van der Waals surface area contributed by atoms with E-state index in [4.69, 9.17) is 9.47 Å². The van der Waals surface area contributed by atoms with Crippen LogP contribution in [0, 0.1) is 0 Å². The Labute approximate surface area is 125 Å². The van der Waals surface area contributed by atoms with Crippen molar-refractivity contribution >= 4 is 28.6 Å². The topological polar surface area (TPSA) is 97.0 Å². The molecule has 2 aromatic heterocycles. The molecule has 8 heteroatoms. The molecule has 0 aliphatic carbocycles. The van der Waals surface area contributed by atoms with Crippen LogP contribution in [-0.2, 0) is 0 Å². The van der Waals surface area contributed by atoms with Gasteiger partial charge in [-0.05, 0) is 19.1 Å². The van der Waals surface area contributed by atoms with Crippen LogP contribution in [0.25, 0.3) is 11.2 Å². The molecule has 0 unspecified atom stereocenters. The minimum absolute atomic E-state index is 0.252. The Morgan fingerprint density at radius 1 is 1.23 bits per heavy atom. The Morgan fingerprint density at radius 3 is 3.05 bits per heavy atom. The molecule has 3 N–H and O–H groups in total. The molecule has 112 valence electrons. The number of ether oxygens (including phenoxy) is 2. The van der Waals surface area contributed by atoms with E-state index < -0.39 is 0 Å². The molecule has 0 radical (unpaired) electrons. The lowest BCUT2D eigenvalue weighted by Gasteiger charge is -2.09. The molecule has 3 heterocycles. The summed E-state index contributed by atoms with van der Waals surface area (Å²) in [7, 11) is 0. The number of aromatic amines is 1. The van der Waals surface area contributed by atoms with Gasteiger partial charge in [0.2, 0.25) is 12.7 Å². The zero-order valence-corrected chi connectivity index (χ0v) is 11.9. The van der Waals surface area contributed by atoms with Gasteiger partial charge in [-0.1, -0.05) is 0 Å². The van der Waals surface area contributed by atoms with Crippen LogP contribution in [0.5, 0.6) is 11.5 Å². The fraction of sp³-hybridized carbons (Fsp3) is 0.214. The predicted molar refractivity (Wildman–Crippen MR) is 81.7 cm³/mol. The number of rotatable bonds is 4. The van der Waals surface area contributed by atoms with Crippen molar-refractivity contribution in [3.8, 4) is 11.5 Å². The molecule has 0 spiro atoms. The number of aromatic nitrogens is 4. The molecule has 1 aliphatic rings. The van der Waals surface area contributed by atoms with Crippen LogP contribution in [0.1, 0.15) is 6.92 Å². The number of anilines is 3. The van der Waals surface area contributed by atoms with E-state index in [1.807, 2.05) is 25.1 Å². The normalized spacial score (nSPS) is 12.6. The van der Waals surface area contributed by atoms with Crippen LogP contribution in [0.4, 0.5) is 17.5 Å². The summed E-state index contributed by atoms with van der Waals surface area (Å²) in [5.41, 5.74) is 2.20. The van der Waals surface area contributed by atoms with Crippen molar-refractivity contribution in [1.82, 2.24) is 19.9 Å². The standard InChI is InChI=1S/C14H14N6O2/c1-2-15-14-19-12-11(16-6-17-12)13(20-14)18-8-3-4-9-10(5-8)22-7-21-9/h3-6H,2,7H2,1H3,(H3,15,16,17,18,19,20). The molecule has 4 rings (SSSR count). The fourth-order valence-electron chi connectivity index (χ4n) is 2.27. The van der Waals surface area contributed by atoms with Crippen molar-refractivity contribution in [2.45, 2.75) is 6.92 Å². The number of H-pyrrole nitrogens is 1. The summed E-state index contributed by atoms with van der Waals surface area (Å²) in [6.07, 6.45) is 1.60. The molecule has 0 atom stereocenters. The number of fused-ring (bicyclic) bond motifs is 2. The summed E-state index contributed by atoms with van der Waals surface area (Å²) in [5, 5.41) is 6.36. The molecule has 3 aromatic rings. The number of hydrogen-bond acceptors (Lipinski definition) is 7. The van der Waals surface area contributed by atoms with Crippen LogP contribution >= 0.6 is 0 Å². The van der Waals surface area contributed by atoms with E-state index in [0.717, 1.165) is 23.5 Å². The second-order valence-corrected chi connectivity index (χ2v) is 4.72. The molecule has 0 amide bonds. The highest BCUT2D eigenvalue weighted by molar-refractivity contribution is 5.86. The third-order valence-corrected chi connectivity index (χ3v) is 3.26. The molecule has 0 saturated heterocycles. The number of hydrogen-bond donors (Lipinski definition) is 3. The monoisotopic (exact) mass is 298 g/mol. The van der Waals surface area contributed by atoms with Gasteiger partial charge in [-0.3, -0.25) is 0 Å². The third kappa shape index (κ3) is 2.14. The third-order valence-electron chi connectivity index (χ3n) is 3.26. The zero-order chi connectivity index (χ0) is 14.9. The highest BCUT2D eigenvalue weighted by Gasteiger charge is 2.15. The van der Waals surface area contributed by atoms with E-state index in [-0.39, 0.29) is 6.79 Å². The maximum Gasteiger partial charge on any atom is 0.231 e. The number of benzene rings is 1. The number of nitrogens with one attached hydrogen (secondary N) is 3. The minimum atomic E-state index is 0.252. The minimum Gasteiger partial charge on any atom is -0.454 e. The lowest BCUT2D eigenvalue weighted by atomic mass is 10.2. The molecular formula is C14H14N6O2.